The highest BCUT2D eigenvalue weighted by Gasteiger charge is 2.34. The number of unbranched alkanes of at least 4 members (excludes halogenated alkanes) is 2. The number of carbonyl (C=O) groups is 2. The van der Waals surface area contributed by atoms with E-state index in [1.165, 1.54) is 23.1 Å². The molecule has 0 aliphatic heterocycles. The summed E-state index contributed by atoms with van der Waals surface area (Å²) in [6, 6.07) is 5.11. The molecule has 0 radical (unpaired) electrons. The van der Waals surface area contributed by atoms with Gasteiger partial charge in [0.25, 0.3) is 0 Å². The maximum Gasteiger partial charge on any atom is 0.416 e. The van der Waals surface area contributed by atoms with E-state index < -0.39 is 29.4 Å². The molecule has 0 atom stereocenters. The Labute approximate surface area is 157 Å². The van der Waals surface area contributed by atoms with Gasteiger partial charge in [0.2, 0.25) is 0 Å². The summed E-state index contributed by atoms with van der Waals surface area (Å²) in [5.74, 6) is -0.905. The predicted molar refractivity (Wildman–Crippen MR) is 94.2 cm³/mol. The zero-order chi connectivity index (χ0) is 20.7. The molecular formula is C19H26F3NO4. The number of nitrogens with zero attached hydrogens (tertiary/aromatic N) is 1. The van der Waals surface area contributed by atoms with Crippen LogP contribution in [0.15, 0.2) is 24.3 Å². The second kappa shape index (κ2) is 9.62. The van der Waals surface area contributed by atoms with Crippen LogP contribution in [-0.2, 0) is 22.3 Å². The van der Waals surface area contributed by atoms with E-state index in [1.807, 2.05) is 0 Å². The van der Waals surface area contributed by atoms with Gasteiger partial charge in [0.1, 0.15) is 5.60 Å². The van der Waals surface area contributed by atoms with Gasteiger partial charge in [-0.15, -0.1) is 0 Å². The second-order valence-electron chi connectivity index (χ2n) is 7.26. The van der Waals surface area contributed by atoms with E-state index >= 15 is 0 Å². The lowest BCUT2D eigenvalue weighted by molar-refractivity contribution is -0.138. The first kappa shape index (κ1) is 22.8. The number of amides is 1. The van der Waals surface area contributed by atoms with Crippen molar-refractivity contribution in [1.82, 2.24) is 4.90 Å². The number of alkyl halides is 3. The van der Waals surface area contributed by atoms with Gasteiger partial charge in [0.05, 0.1) is 5.56 Å². The van der Waals surface area contributed by atoms with E-state index in [4.69, 9.17) is 9.84 Å². The lowest BCUT2D eigenvalue weighted by Gasteiger charge is -2.28. The van der Waals surface area contributed by atoms with Gasteiger partial charge in [-0.25, -0.2) is 4.79 Å². The molecule has 0 saturated heterocycles. The van der Waals surface area contributed by atoms with Crippen molar-refractivity contribution in [2.24, 2.45) is 0 Å². The maximum absolute atomic E-state index is 13.2. The fraction of sp³-hybridized carbons (Fsp3) is 0.579. The summed E-state index contributed by atoms with van der Waals surface area (Å²) in [7, 11) is 0. The predicted octanol–water partition coefficient (Wildman–Crippen LogP) is 5.09. The number of carbonyl (C=O) groups excluding carboxylic acids is 1. The van der Waals surface area contributed by atoms with Gasteiger partial charge >= 0.3 is 18.2 Å². The Morgan fingerprint density at radius 2 is 1.70 bits per heavy atom. The van der Waals surface area contributed by atoms with Crippen molar-refractivity contribution >= 4 is 12.1 Å². The largest absolute Gasteiger partial charge is 0.481 e. The zero-order valence-corrected chi connectivity index (χ0v) is 15.8. The fourth-order valence-corrected chi connectivity index (χ4v) is 2.46. The van der Waals surface area contributed by atoms with Crippen molar-refractivity contribution < 1.29 is 32.6 Å². The van der Waals surface area contributed by atoms with Crippen LogP contribution in [-0.4, -0.2) is 34.2 Å². The highest BCUT2D eigenvalue weighted by molar-refractivity contribution is 5.68. The molecule has 0 fully saturated rings. The Bertz CT molecular complexity index is 639. The Kier molecular flexibility index (Phi) is 8.12. The van der Waals surface area contributed by atoms with Crippen molar-refractivity contribution in [3.8, 4) is 0 Å². The Morgan fingerprint density at radius 3 is 2.26 bits per heavy atom. The monoisotopic (exact) mass is 389 g/mol. The topological polar surface area (TPSA) is 66.8 Å². The molecule has 0 aromatic heterocycles. The number of rotatable bonds is 8. The number of aliphatic carboxylic acids is 1. The van der Waals surface area contributed by atoms with Crippen molar-refractivity contribution in [3.05, 3.63) is 35.4 Å². The zero-order valence-electron chi connectivity index (χ0n) is 15.8. The molecular weight excluding hydrogens is 363 g/mol. The van der Waals surface area contributed by atoms with Crippen molar-refractivity contribution in [2.45, 2.75) is 64.8 Å². The van der Waals surface area contributed by atoms with Gasteiger partial charge in [-0.05, 0) is 45.2 Å². The van der Waals surface area contributed by atoms with Crippen LogP contribution in [0.2, 0.25) is 0 Å². The van der Waals surface area contributed by atoms with Gasteiger partial charge in [-0.2, -0.15) is 13.2 Å². The highest BCUT2D eigenvalue weighted by Crippen LogP contribution is 2.32. The summed E-state index contributed by atoms with van der Waals surface area (Å²) in [5, 5.41) is 8.65. The third kappa shape index (κ3) is 8.79. The van der Waals surface area contributed by atoms with E-state index in [-0.39, 0.29) is 25.1 Å². The summed E-state index contributed by atoms with van der Waals surface area (Å²) in [6.45, 7) is 4.99. The van der Waals surface area contributed by atoms with Crippen LogP contribution >= 0.6 is 0 Å². The molecule has 0 unspecified atom stereocenters. The third-order valence-corrected chi connectivity index (χ3v) is 3.65. The fourth-order valence-electron chi connectivity index (χ4n) is 2.46. The summed E-state index contributed by atoms with van der Waals surface area (Å²) in [5.41, 5.74) is -1.58. The van der Waals surface area contributed by atoms with E-state index in [1.54, 1.807) is 20.8 Å². The normalized spacial score (nSPS) is 11.9. The molecule has 27 heavy (non-hydrogen) atoms. The molecule has 5 nitrogen and oxygen atoms in total. The Hall–Kier alpha value is -2.25. The molecule has 0 aliphatic rings. The molecule has 1 N–H and O–H groups in total. The van der Waals surface area contributed by atoms with Crippen LogP contribution in [0.5, 0.6) is 0 Å². The molecule has 1 rings (SSSR count). The van der Waals surface area contributed by atoms with Crippen LogP contribution in [0.3, 0.4) is 0 Å². The maximum atomic E-state index is 13.2. The third-order valence-electron chi connectivity index (χ3n) is 3.65. The van der Waals surface area contributed by atoms with Crippen molar-refractivity contribution in [2.75, 3.05) is 6.54 Å². The van der Waals surface area contributed by atoms with E-state index in [0.29, 0.717) is 19.3 Å². The number of carboxylic acid groups (broad SMARTS) is 1. The van der Waals surface area contributed by atoms with Gasteiger partial charge in [-0.1, -0.05) is 24.6 Å². The van der Waals surface area contributed by atoms with Crippen LogP contribution in [0.1, 0.15) is 57.6 Å². The molecule has 8 heteroatoms. The number of hydrogen-bond donors (Lipinski definition) is 1. The molecule has 1 aromatic rings. The Balaban J connectivity index is 2.88. The molecule has 0 saturated carbocycles. The van der Waals surface area contributed by atoms with Crippen LogP contribution in [0, 0.1) is 0 Å². The average molecular weight is 389 g/mol. The smallest absolute Gasteiger partial charge is 0.416 e. The van der Waals surface area contributed by atoms with Gasteiger partial charge in [0.15, 0.2) is 0 Å². The molecule has 0 spiro atoms. The highest BCUT2D eigenvalue weighted by atomic mass is 19.4. The summed E-state index contributed by atoms with van der Waals surface area (Å²) < 4.78 is 44.9. The lowest BCUT2D eigenvalue weighted by Crippen LogP contribution is -2.37. The molecule has 152 valence electrons. The number of ether oxygens (including phenoxy) is 1. The van der Waals surface area contributed by atoms with Crippen LogP contribution in [0.4, 0.5) is 18.0 Å². The second-order valence-corrected chi connectivity index (χ2v) is 7.26. The van der Waals surface area contributed by atoms with Gasteiger partial charge < -0.3 is 14.7 Å². The lowest BCUT2D eigenvalue weighted by atomic mass is 10.1. The van der Waals surface area contributed by atoms with E-state index in [0.717, 1.165) is 6.07 Å². The number of hydrogen-bond acceptors (Lipinski definition) is 3. The molecule has 1 amide bonds. The number of carboxylic acids is 1. The minimum absolute atomic E-state index is 0.0126. The summed E-state index contributed by atoms with van der Waals surface area (Å²) in [4.78, 5) is 24.2. The minimum Gasteiger partial charge on any atom is -0.481 e. The first-order chi connectivity index (χ1) is 12.4. The van der Waals surface area contributed by atoms with Crippen molar-refractivity contribution in [1.29, 1.82) is 0 Å². The van der Waals surface area contributed by atoms with E-state index in [2.05, 4.69) is 0 Å². The van der Waals surface area contributed by atoms with Crippen LogP contribution < -0.4 is 0 Å². The average Bonchev–Trinajstić information content (AvgIpc) is 2.51. The van der Waals surface area contributed by atoms with E-state index in [9.17, 15) is 22.8 Å². The molecule has 0 bridgehead atoms. The first-order valence-electron chi connectivity index (χ1n) is 8.75. The SMILES string of the molecule is CC(C)(C)OC(=O)N(CCCCCC(=O)O)Cc1ccccc1C(F)(F)F. The molecule has 0 aliphatic carbocycles. The quantitative estimate of drug-likeness (QED) is 0.629. The number of halogens is 3. The molecule has 0 heterocycles. The standard InChI is InChI=1S/C19H26F3NO4/c1-18(2,3)27-17(26)23(12-8-4-5-11-16(24)25)13-14-9-6-7-10-15(14)19(20,21)22/h6-7,9-10H,4-5,8,11-13H2,1-3H3,(H,24,25). The minimum atomic E-state index is -4.52. The van der Waals surface area contributed by atoms with Crippen molar-refractivity contribution in [3.63, 3.8) is 0 Å². The number of benzene rings is 1. The Morgan fingerprint density at radius 1 is 1.07 bits per heavy atom. The molecule has 1 aromatic carbocycles. The van der Waals surface area contributed by atoms with Crippen LogP contribution in [0.25, 0.3) is 0 Å². The summed E-state index contributed by atoms with van der Waals surface area (Å²) in [6.07, 6.45) is -3.73. The van der Waals surface area contributed by atoms with Gasteiger partial charge in [0, 0.05) is 19.5 Å². The summed E-state index contributed by atoms with van der Waals surface area (Å²) >= 11 is 0. The first-order valence-corrected chi connectivity index (χ1v) is 8.75. The van der Waals surface area contributed by atoms with Gasteiger partial charge in [-0.3, -0.25) is 4.79 Å².